The zero-order valence-corrected chi connectivity index (χ0v) is 18.5. The van der Waals surface area contributed by atoms with Gasteiger partial charge in [0.25, 0.3) is 0 Å². The molecule has 6 heteroatoms. The van der Waals surface area contributed by atoms with Crippen LogP contribution < -0.4 is 14.8 Å². The first kappa shape index (κ1) is 20.1. The van der Waals surface area contributed by atoms with Gasteiger partial charge in [0.1, 0.15) is 6.10 Å². The molecule has 1 aliphatic carbocycles. The molecule has 6 nitrogen and oxygen atoms in total. The molecule has 168 valence electrons. The van der Waals surface area contributed by atoms with E-state index in [0.29, 0.717) is 25.3 Å². The third kappa shape index (κ3) is 3.16. The van der Waals surface area contributed by atoms with Crippen LogP contribution in [0.15, 0.2) is 66.7 Å². The maximum Gasteiger partial charge on any atom is 0.322 e. The van der Waals surface area contributed by atoms with Crippen LogP contribution in [0.25, 0.3) is 10.8 Å². The van der Waals surface area contributed by atoms with Crippen LogP contribution in [0.2, 0.25) is 0 Å². The van der Waals surface area contributed by atoms with Crippen LogP contribution in [0.3, 0.4) is 0 Å². The fraction of sp³-hybridized carbons (Fsp3) is 0.296. The van der Waals surface area contributed by atoms with E-state index in [2.05, 4.69) is 17.5 Å². The summed E-state index contributed by atoms with van der Waals surface area (Å²) in [5.41, 5.74) is 2.56. The summed E-state index contributed by atoms with van der Waals surface area (Å²) in [6.45, 7) is 1.07. The molecule has 2 aliphatic heterocycles. The summed E-state index contributed by atoms with van der Waals surface area (Å²) in [6, 6.07) is 17.9. The highest BCUT2D eigenvalue weighted by Gasteiger charge is 2.53. The average molecular weight is 443 g/mol. The predicted octanol–water partition coefficient (Wildman–Crippen LogP) is 4.61. The van der Waals surface area contributed by atoms with Crippen molar-refractivity contribution in [2.45, 2.75) is 37.0 Å². The molecule has 33 heavy (non-hydrogen) atoms. The SMILES string of the molecule is COc1ccc2c3c1OC1CC(O)C=CC31CCN(C(=O)Nc1ccc3ccccc3c1)C2. The van der Waals surface area contributed by atoms with Gasteiger partial charge >= 0.3 is 6.03 Å². The molecule has 0 saturated heterocycles. The van der Waals surface area contributed by atoms with E-state index in [1.807, 2.05) is 59.5 Å². The number of rotatable bonds is 2. The van der Waals surface area contributed by atoms with Gasteiger partial charge in [0.15, 0.2) is 11.5 Å². The molecule has 6 rings (SSSR count). The van der Waals surface area contributed by atoms with E-state index in [-0.39, 0.29) is 17.6 Å². The lowest BCUT2D eigenvalue weighted by Gasteiger charge is -2.35. The first-order valence-electron chi connectivity index (χ1n) is 11.4. The lowest BCUT2D eigenvalue weighted by atomic mass is 9.69. The van der Waals surface area contributed by atoms with Crippen molar-refractivity contribution in [3.63, 3.8) is 0 Å². The Hall–Kier alpha value is -3.51. The minimum atomic E-state index is -0.528. The second kappa shape index (κ2) is 7.52. The number of hydrogen-bond donors (Lipinski definition) is 2. The molecular weight excluding hydrogens is 416 g/mol. The monoisotopic (exact) mass is 442 g/mol. The summed E-state index contributed by atoms with van der Waals surface area (Å²) in [7, 11) is 1.64. The molecule has 2 N–H and O–H groups in total. The Labute approximate surface area is 192 Å². The van der Waals surface area contributed by atoms with Crippen molar-refractivity contribution < 1.29 is 19.4 Å². The predicted molar refractivity (Wildman–Crippen MR) is 127 cm³/mol. The van der Waals surface area contributed by atoms with Gasteiger partial charge in [-0.2, -0.15) is 0 Å². The zero-order valence-electron chi connectivity index (χ0n) is 18.5. The number of urea groups is 1. The topological polar surface area (TPSA) is 71.0 Å². The molecule has 0 aromatic heterocycles. The third-order valence-electron chi connectivity index (χ3n) is 7.24. The quantitative estimate of drug-likeness (QED) is 0.569. The van der Waals surface area contributed by atoms with Crippen molar-refractivity contribution >= 4 is 22.5 Å². The molecule has 2 heterocycles. The van der Waals surface area contributed by atoms with Crippen LogP contribution in [0.4, 0.5) is 10.5 Å². The van der Waals surface area contributed by atoms with E-state index in [4.69, 9.17) is 9.47 Å². The molecule has 1 spiro atoms. The maximum absolute atomic E-state index is 13.3. The number of hydrogen-bond acceptors (Lipinski definition) is 4. The summed E-state index contributed by atoms with van der Waals surface area (Å²) >= 11 is 0. The van der Waals surface area contributed by atoms with E-state index in [0.717, 1.165) is 39.8 Å². The molecule has 0 bridgehead atoms. The largest absolute Gasteiger partial charge is 0.493 e. The summed E-state index contributed by atoms with van der Waals surface area (Å²) in [4.78, 5) is 15.2. The van der Waals surface area contributed by atoms with Crippen LogP contribution in [0.5, 0.6) is 11.5 Å². The second-order valence-corrected chi connectivity index (χ2v) is 9.10. The van der Waals surface area contributed by atoms with Crippen LogP contribution in [0, 0.1) is 0 Å². The van der Waals surface area contributed by atoms with E-state index in [1.165, 1.54) is 0 Å². The molecular formula is C27H26N2O4. The lowest BCUT2D eigenvalue weighted by Crippen LogP contribution is -2.43. The van der Waals surface area contributed by atoms with Crippen molar-refractivity contribution in [1.82, 2.24) is 4.90 Å². The Morgan fingerprint density at radius 3 is 2.88 bits per heavy atom. The van der Waals surface area contributed by atoms with E-state index >= 15 is 0 Å². The molecule has 0 radical (unpaired) electrons. The van der Waals surface area contributed by atoms with Gasteiger partial charge in [-0.15, -0.1) is 0 Å². The lowest BCUT2D eigenvalue weighted by molar-refractivity contribution is 0.0824. The smallest absolute Gasteiger partial charge is 0.322 e. The van der Waals surface area contributed by atoms with Crippen LogP contribution >= 0.6 is 0 Å². The van der Waals surface area contributed by atoms with Crippen LogP contribution in [0.1, 0.15) is 24.0 Å². The van der Waals surface area contributed by atoms with Crippen molar-refractivity contribution in [1.29, 1.82) is 0 Å². The van der Waals surface area contributed by atoms with Gasteiger partial charge in [0.2, 0.25) is 0 Å². The van der Waals surface area contributed by atoms with Gasteiger partial charge < -0.3 is 24.8 Å². The van der Waals surface area contributed by atoms with Gasteiger partial charge in [-0.1, -0.05) is 48.6 Å². The highest BCUT2D eigenvalue weighted by atomic mass is 16.5. The molecule has 0 saturated carbocycles. The molecule has 3 aromatic rings. The number of ether oxygens (including phenoxy) is 2. The van der Waals surface area contributed by atoms with E-state index < -0.39 is 6.10 Å². The zero-order chi connectivity index (χ0) is 22.6. The molecule has 3 unspecified atom stereocenters. The Bertz CT molecular complexity index is 1290. The van der Waals surface area contributed by atoms with Gasteiger partial charge in [-0.05, 0) is 41.0 Å². The number of fused-ring (bicyclic) bond motifs is 1. The van der Waals surface area contributed by atoms with Crippen molar-refractivity contribution in [2.75, 3.05) is 19.0 Å². The number of aliphatic hydroxyl groups excluding tert-OH is 1. The minimum Gasteiger partial charge on any atom is -0.493 e. The average Bonchev–Trinajstić information content (AvgIpc) is 3.06. The first-order chi connectivity index (χ1) is 16.1. The number of carbonyl (C=O) groups is 1. The Kier molecular flexibility index (Phi) is 4.59. The highest BCUT2D eigenvalue weighted by molar-refractivity contribution is 5.93. The fourth-order valence-corrected chi connectivity index (χ4v) is 5.58. The van der Waals surface area contributed by atoms with Gasteiger partial charge in [-0.3, -0.25) is 0 Å². The molecule has 3 aromatic carbocycles. The molecule has 3 atom stereocenters. The minimum absolute atomic E-state index is 0.122. The van der Waals surface area contributed by atoms with E-state index in [9.17, 15) is 9.90 Å². The number of aliphatic hydroxyl groups is 1. The fourth-order valence-electron chi connectivity index (χ4n) is 5.58. The number of nitrogens with one attached hydrogen (secondary N) is 1. The number of amides is 2. The Morgan fingerprint density at radius 1 is 1.18 bits per heavy atom. The van der Waals surface area contributed by atoms with E-state index in [1.54, 1.807) is 7.11 Å². The second-order valence-electron chi connectivity index (χ2n) is 9.10. The molecule has 0 fully saturated rings. The normalized spacial score (nSPS) is 25.1. The number of carbonyl (C=O) groups excluding carboxylic acids is 1. The Morgan fingerprint density at radius 2 is 2.03 bits per heavy atom. The number of methoxy groups -OCH3 is 1. The summed E-state index contributed by atoms with van der Waals surface area (Å²) < 4.78 is 11.9. The summed E-state index contributed by atoms with van der Waals surface area (Å²) in [5, 5.41) is 15.5. The maximum atomic E-state index is 13.3. The van der Waals surface area contributed by atoms with Crippen molar-refractivity contribution in [3.05, 3.63) is 77.9 Å². The molecule has 2 amide bonds. The highest BCUT2D eigenvalue weighted by Crippen LogP contribution is 2.55. The number of benzene rings is 3. The van der Waals surface area contributed by atoms with Gasteiger partial charge in [0.05, 0.1) is 18.6 Å². The standard InChI is InChI=1S/C27H26N2O4/c1-32-22-9-7-19-16-29(26(31)28-20-8-6-17-4-2-3-5-18(17)14-20)13-12-27-11-10-21(30)15-23(27)33-25(22)24(19)27/h2-11,14,21,23,30H,12-13,15-16H2,1H3,(H,28,31). The molecule has 3 aliphatic rings. The summed E-state index contributed by atoms with van der Waals surface area (Å²) in [5.74, 6) is 1.44. The number of nitrogens with zero attached hydrogens (tertiary/aromatic N) is 1. The van der Waals surface area contributed by atoms with Crippen LogP contribution in [-0.4, -0.2) is 41.9 Å². The third-order valence-corrected chi connectivity index (χ3v) is 7.24. The number of anilines is 1. The van der Waals surface area contributed by atoms with Crippen molar-refractivity contribution in [3.8, 4) is 11.5 Å². The van der Waals surface area contributed by atoms with Crippen molar-refractivity contribution in [2.24, 2.45) is 0 Å². The van der Waals surface area contributed by atoms with Gasteiger partial charge in [-0.25, -0.2) is 4.79 Å². The van der Waals surface area contributed by atoms with Gasteiger partial charge in [0, 0.05) is 30.8 Å². The van der Waals surface area contributed by atoms with Crippen LogP contribution in [-0.2, 0) is 12.0 Å². The Balaban J connectivity index is 1.33. The summed E-state index contributed by atoms with van der Waals surface area (Å²) in [6.07, 6.45) is 4.50. The first-order valence-corrected chi connectivity index (χ1v) is 11.4.